The van der Waals surface area contributed by atoms with Crippen molar-refractivity contribution in [2.75, 3.05) is 10.0 Å². The molecule has 0 fully saturated rings. The number of carbonyl (C=O) groups is 3. The van der Waals surface area contributed by atoms with E-state index >= 15 is 0 Å². The van der Waals surface area contributed by atoms with Gasteiger partial charge in [-0.05, 0) is 63.2 Å². The van der Waals surface area contributed by atoms with E-state index in [1.165, 1.54) is 44.2 Å². The lowest BCUT2D eigenvalue weighted by molar-refractivity contribution is -0.123. The van der Waals surface area contributed by atoms with Crippen LogP contribution in [0.15, 0.2) is 77.7 Å². The quantitative estimate of drug-likeness (QED) is 0.369. The van der Waals surface area contributed by atoms with E-state index in [4.69, 9.17) is 4.74 Å². The number of amides is 1. The minimum absolute atomic E-state index is 0.0231. The van der Waals surface area contributed by atoms with E-state index < -0.39 is 28.0 Å². The smallest absolute Gasteiger partial charge is 0.338 e. The van der Waals surface area contributed by atoms with E-state index in [1.807, 2.05) is 6.92 Å². The highest BCUT2D eigenvalue weighted by molar-refractivity contribution is 7.92. The van der Waals surface area contributed by atoms with Gasteiger partial charge in [-0.25, -0.2) is 13.2 Å². The van der Waals surface area contributed by atoms with Gasteiger partial charge in [0, 0.05) is 16.9 Å². The number of esters is 1. The van der Waals surface area contributed by atoms with Gasteiger partial charge in [-0.3, -0.25) is 14.3 Å². The Morgan fingerprint density at radius 3 is 2.18 bits per heavy atom. The third kappa shape index (κ3) is 6.29. The van der Waals surface area contributed by atoms with Crippen molar-refractivity contribution in [2.24, 2.45) is 0 Å². The van der Waals surface area contributed by atoms with Gasteiger partial charge in [-0.1, -0.05) is 35.9 Å². The van der Waals surface area contributed by atoms with Gasteiger partial charge >= 0.3 is 5.97 Å². The highest BCUT2D eigenvalue weighted by Crippen LogP contribution is 2.19. The summed E-state index contributed by atoms with van der Waals surface area (Å²) in [4.78, 5) is 36.4. The molecule has 176 valence electrons. The van der Waals surface area contributed by atoms with Gasteiger partial charge in [0.2, 0.25) is 0 Å². The topological polar surface area (TPSA) is 119 Å². The minimum atomic E-state index is -3.94. The van der Waals surface area contributed by atoms with Gasteiger partial charge in [0.15, 0.2) is 11.9 Å². The number of nitrogens with one attached hydrogen (secondary N) is 2. The normalized spacial score (nSPS) is 11.9. The van der Waals surface area contributed by atoms with E-state index in [0.29, 0.717) is 16.9 Å². The lowest BCUT2D eigenvalue weighted by Crippen LogP contribution is -2.30. The molecule has 1 amide bonds. The summed E-state index contributed by atoms with van der Waals surface area (Å²) >= 11 is 0. The fourth-order valence-electron chi connectivity index (χ4n) is 2.97. The van der Waals surface area contributed by atoms with Gasteiger partial charge in [-0.15, -0.1) is 0 Å². The second-order valence-electron chi connectivity index (χ2n) is 7.67. The predicted molar refractivity (Wildman–Crippen MR) is 128 cm³/mol. The number of ketones is 1. The molecule has 0 saturated heterocycles. The Morgan fingerprint density at radius 1 is 0.853 bits per heavy atom. The number of Topliss-reactive ketones (excluding diaryl/α,β-unsaturated/α-hetero) is 1. The van der Waals surface area contributed by atoms with Crippen LogP contribution in [0.2, 0.25) is 0 Å². The van der Waals surface area contributed by atoms with Gasteiger partial charge in [0.1, 0.15) is 0 Å². The zero-order valence-electron chi connectivity index (χ0n) is 18.9. The maximum Gasteiger partial charge on any atom is 0.338 e. The molecule has 3 rings (SSSR count). The molecule has 3 aromatic rings. The molecule has 2 N–H and O–H groups in total. The fraction of sp³-hybridized carbons (Fsp3) is 0.160. The predicted octanol–water partition coefficient (Wildman–Crippen LogP) is 4.18. The number of sulfonamides is 1. The molecule has 1 unspecified atom stereocenters. The zero-order valence-corrected chi connectivity index (χ0v) is 19.7. The number of carbonyl (C=O) groups excluding carboxylic acids is 3. The second kappa shape index (κ2) is 10.3. The molecule has 0 saturated carbocycles. The summed E-state index contributed by atoms with van der Waals surface area (Å²) in [5.41, 5.74) is 2.16. The third-order valence-corrected chi connectivity index (χ3v) is 6.25. The Bertz CT molecular complexity index is 1330. The molecule has 0 spiro atoms. The van der Waals surface area contributed by atoms with Crippen molar-refractivity contribution in [3.63, 3.8) is 0 Å². The van der Waals surface area contributed by atoms with Crippen LogP contribution in [0.3, 0.4) is 0 Å². The molecule has 0 aliphatic rings. The minimum Gasteiger partial charge on any atom is -0.449 e. The first-order chi connectivity index (χ1) is 16.0. The molecule has 0 aliphatic carbocycles. The fourth-order valence-corrected chi connectivity index (χ4v) is 4.07. The SMILES string of the molecule is CC(=O)c1cccc(NC(=O)C(C)OC(=O)c2cccc(S(=O)(=O)Nc3ccc(C)cc3)c2)c1. The maximum absolute atomic E-state index is 12.7. The van der Waals surface area contributed by atoms with Gasteiger partial charge in [-0.2, -0.15) is 0 Å². The molecule has 0 aliphatic heterocycles. The average Bonchev–Trinajstić information content (AvgIpc) is 2.80. The molecule has 0 aromatic heterocycles. The van der Waals surface area contributed by atoms with Crippen LogP contribution in [0.1, 0.15) is 40.1 Å². The van der Waals surface area contributed by atoms with Crippen LogP contribution in [0.25, 0.3) is 0 Å². The summed E-state index contributed by atoms with van der Waals surface area (Å²) < 4.78 is 33.1. The third-order valence-electron chi connectivity index (χ3n) is 4.87. The van der Waals surface area contributed by atoms with Gasteiger partial charge < -0.3 is 10.1 Å². The Labute approximate surface area is 198 Å². The van der Waals surface area contributed by atoms with Crippen LogP contribution >= 0.6 is 0 Å². The lowest BCUT2D eigenvalue weighted by Gasteiger charge is -2.14. The van der Waals surface area contributed by atoms with Crippen LogP contribution in [0.5, 0.6) is 0 Å². The summed E-state index contributed by atoms with van der Waals surface area (Å²) in [5.74, 6) is -1.60. The Kier molecular flexibility index (Phi) is 7.47. The largest absolute Gasteiger partial charge is 0.449 e. The summed E-state index contributed by atoms with van der Waals surface area (Å²) in [6, 6.07) is 18.5. The maximum atomic E-state index is 12.7. The van der Waals surface area contributed by atoms with Crippen LogP contribution in [0.4, 0.5) is 11.4 Å². The molecule has 3 aromatic carbocycles. The molecule has 0 bridgehead atoms. The first-order valence-corrected chi connectivity index (χ1v) is 11.9. The van der Waals surface area contributed by atoms with Crippen LogP contribution in [0, 0.1) is 6.92 Å². The van der Waals surface area contributed by atoms with Gasteiger partial charge in [0.05, 0.1) is 10.5 Å². The zero-order chi connectivity index (χ0) is 24.9. The number of anilines is 2. The first-order valence-electron chi connectivity index (χ1n) is 10.4. The number of hydrogen-bond acceptors (Lipinski definition) is 6. The van der Waals surface area contributed by atoms with Crippen LogP contribution in [-0.4, -0.2) is 32.2 Å². The Morgan fingerprint density at radius 2 is 1.50 bits per heavy atom. The summed E-state index contributed by atoms with van der Waals surface area (Å²) in [6.45, 7) is 4.69. The molecule has 0 radical (unpaired) electrons. The molecule has 0 heterocycles. The summed E-state index contributed by atoms with van der Waals surface area (Å²) in [7, 11) is -3.94. The second-order valence-corrected chi connectivity index (χ2v) is 9.36. The van der Waals surface area contributed by atoms with E-state index in [9.17, 15) is 22.8 Å². The van der Waals surface area contributed by atoms with Crippen molar-refractivity contribution in [3.8, 4) is 0 Å². The molecular weight excluding hydrogens is 456 g/mol. The van der Waals surface area contributed by atoms with Crippen molar-refractivity contribution < 1.29 is 27.5 Å². The van der Waals surface area contributed by atoms with E-state index in [0.717, 1.165) is 5.56 Å². The highest BCUT2D eigenvalue weighted by Gasteiger charge is 2.21. The van der Waals surface area contributed by atoms with E-state index in [-0.39, 0.29) is 16.2 Å². The number of aryl methyl sites for hydroxylation is 1. The van der Waals surface area contributed by atoms with Crippen molar-refractivity contribution in [3.05, 3.63) is 89.5 Å². The Balaban J connectivity index is 1.68. The van der Waals surface area contributed by atoms with Crippen molar-refractivity contribution >= 4 is 39.1 Å². The van der Waals surface area contributed by atoms with Crippen molar-refractivity contribution in [2.45, 2.75) is 31.8 Å². The van der Waals surface area contributed by atoms with Crippen molar-refractivity contribution in [1.29, 1.82) is 0 Å². The Hall–Kier alpha value is -3.98. The van der Waals surface area contributed by atoms with E-state index in [2.05, 4.69) is 10.0 Å². The number of hydrogen-bond donors (Lipinski definition) is 2. The molecular formula is C25H24N2O6S. The van der Waals surface area contributed by atoms with Crippen molar-refractivity contribution in [1.82, 2.24) is 0 Å². The number of rotatable bonds is 8. The van der Waals surface area contributed by atoms with Crippen LogP contribution < -0.4 is 10.0 Å². The molecule has 9 heteroatoms. The van der Waals surface area contributed by atoms with E-state index in [1.54, 1.807) is 42.5 Å². The standard InChI is InChI=1S/C25H24N2O6S/c1-16-10-12-21(13-11-16)27-34(31,32)23-9-5-7-20(15-23)25(30)33-18(3)24(29)26-22-8-4-6-19(14-22)17(2)28/h4-15,18,27H,1-3H3,(H,26,29). The monoisotopic (exact) mass is 480 g/mol. The highest BCUT2D eigenvalue weighted by atomic mass is 32.2. The molecule has 1 atom stereocenters. The summed E-state index contributed by atoms with van der Waals surface area (Å²) in [5, 5.41) is 2.59. The van der Waals surface area contributed by atoms with Crippen LogP contribution in [-0.2, 0) is 19.6 Å². The average molecular weight is 481 g/mol. The summed E-state index contributed by atoms with van der Waals surface area (Å²) in [6.07, 6.45) is -1.17. The lowest BCUT2D eigenvalue weighted by atomic mass is 10.1. The molecule has 8 nitrogen and oxygen atoms in total. The first kappa shape index (κ1) is 24.7. The number of benzene rings is 3. The molecule has 34 heavy (non-hydrogen) atoms. The number of ether oxygens (including phenoxy) is 1. The van der Waals surface area contributed by atoms with Gasteiger partial charge in [0.25, 0.3) is 15.9 Å².